The Kier molecular flexibility index (Phi) is 50.7. The number of hydrogen-bond acceptors (Lipinski definition) is 7. The monoisotopic (exact) mass is 484 g/mol. The summed E-state index contributed by atoms with van der Waals surface area (Å²) in [5.74, 6) is 0. The van der Waals surface area contributed by atoms with E-state index in [0.29, 0.717) is 26.4 Å². The molecule has 206 valence electrons. The van der Waals surface area contributed by atoms with Crippen molar-refractivity contribution in [3.05, 3.63) is 0 Å². The Bertz CT molecular complexity index is 263. The normalized spacial score (nSPS) is 11.0. The van der Waals surface area contributed by atoms with Crippen molar-refractivity contribution in [2.24, 2.45) is 0 Å². The summed E-state index contributed by atoms with van der Waals surface area (Å²) in [6.07, 6.45) is 10.5. The molecule has 0 aromatic carbocycles. The zero-order valence-electron chi connectivity index (χ0n) is 22.9. The number of aliphatic hydroxyl groups is 4. The van der Waals surface area contributed by atoms with E-state index in [-0.39, 0.29) is 25.4 Å². The van der Waals surface area contributed by atoms with Crippen LogP contribution >= 0.6 is 0 Å². The molecule has 0 radical (unpaired) electrons. The van der Waals surface area contributed by atoms with E-state index < -0.39 is 0 Å². The Morgan fingerprint density at radius 2 is 1.00 bits per heavy atom. The lowest BCUT2D eigenvalue weighted by molar-refractivity contribution is 0.0370. The molecule has 0 bridgehead atoms. The molecule has 0 saturated heterocycles. The highest BCUT2D eigenvalue weighted by Gasteiger charge is 1.98. The Balaban J connectivity index is -0.000000170. The summed E-state index contributed by atoms with van der Waals surface area (Å²) in [5.41, 5.74) is 0. The highest BCUT2D eigenvalue weighted by Crippen LogP contribution is 2.02. The van der Waals surface area contributed by atoms with E-state index in [9.17, 15) is 0 Å². The van der Waals surface area contributed by atoms with Gasteiger partial charge in [0.1, 0.15) is 0 Å². The van der Waals surface area contributed by atoms with Crippen molar-refractivity contribution in [1.82, 2.24) is 0 Å². The highest BCUT2D eigenvalue weighted by molar-refractivity contribution is 4.51. The van der Waals surface area contributed by atoms with Gasteiger partial charge in [0.25, 0.3) is 0 Å². The molecule has 33 heavy (non-hydrogen) atoms. The fourth-order valence-electron chi connectivity index (χ4n) is 2.30. The Morgan fingerprint density at radius 3 is 1.39 bits per heavy atom. The zero-order valence-corrected chi connectivity index (χ0v) is 22.9. The zero-order chi connectivity index (χ0) is 26.0. The van der Waals surface area contributed by atoms with E-state index in [2.05, 4.69) is 27.7 Å². The molecule has 0 aliphatic carbocycles. The predicted molar refractivity (Wildman–Crippen MR) is 139 cm³/mol. The summed E-state index contributed by atoms with van der Waals surface area (Å²) in [7, 11) is 0. The van der Waals surface area contributed by atoms with Gasteiger partial charge >= 0.3 is 0 Å². The van der Waals surface area contributed by atoms with Crippen LogP contribution in [0.3, 0.4) is 0 Å². The van der Waals surface area contributed by atoms with Crippen LogP contribution in [0.15, 0.2) is 0 Å². The molecule has 0 aliphatic rings. The maximum Gasteiger partial charge on any atom is 0.0701 e. The van der Waals surface area contributed by atoms with E-state index in [1.165, 1.54) is 6.42 Å². The van der Waals surface area contributed by atoms with Crippen molar-refractivity contribution in [3.8, 4) is 0 Å². The summed E-state index contributed by atoms with van der Waals surface area (Å²) < 4.78 is 14.9. The fourth-order valence-corrected chi connectivity index (χ4v) is 2.30. The summed E-state index contributed by atoms with van der Waals surface area (Å²) in [6, 6.07) is 0. The molecule has 1 unspecified atom stereocenters. The van der Waals surface area contributed by atoms with E-state index in [4.69, 9.17) is 34.6 Å². The van der Waals surface area contributed by atoms with E-state index >= 15 is 0 Å². The Morgan fingerprint density at radius 1 is 0.515 bits per heavy atom. The predicted octanol–water partition coefficient (Wildman–Crippen LogP) is 4.72. The largest absolute Gasteiger partial charge is 0.394 e. The molecule has 0 aliphatic heterocycles. The van der Waals surface area contributed by atoms with Crippen molar-refractivity contribution in [3.63, 3.8) is 0 Å². The molecule has 0 aromatic heterocycles. The molecule has 0 saturated carbocycles. The third kappa shape index (κ3) is 54.3. The number of aliphatic hydroxyl groups excluding tert-OH is 4. The average Bonchev–Trinajstić information content (AvgIpc) is 2.82. The molecule has 4 N–H and O–H groups in total. The van der Waals surface area contributed by atoms with Crippen LogP contribution in [0.4, 0.5) is 0 Å². The van der Waals surface area contributed by atoms with Crippen molar-refractivity contribution in [1.29, 1.82) is 0 Å². The van der Waals surface area contributed by atoms with Crippen molar-refractivity contribution < 1.29 is 34.6 Å². The minimum atomic E-state index is -0.0463. The summed E-state index contributed by atoms with van der Waals surface area (Å²) in [4.78, 5) is 0. The lowest BCUT2D eigenvalue weighted by Gasteiger charge is -2.04. The van der Waals surface area contributed by atoms with Crippen LogP contribution in [0.1, 0.15) is 106 Å². The molecule has 0 spiro atoms. The van der Waals surface area contributed by atoms with Crippen LogP contribution < -0.4 is 0 Å². The van der Waals surface area contributed by atoms with Gasteiger partial charge in [0.2, 0.25) is 0 Å². The van der Waals surface area contributed by atoms with Gasteiger partial charge in [0.15, 0.2) is 0 Å². The van der Waals surface area contributed by atoms with Gasteiger partial charge in [-0.3, -0.25) is 0 Å². The van der Waals surface area contributed by atoms with Gasteiger partial charge in [-0.25, -0.2) is 0 Å². The molecule has 0 heterocycles. The van der Waals surface area contributed by atoms with E-state index in [0.717, 1.165) is 71.0 Å². The summed E-state index contributed by atoms with van der Waals surface area (Å²) in [6.45, 7) is 16.2. The molecule has 7 nitrogen and oxygen atoms in total. The maximum absolute atomic E-state index is 9.05. The second-order valence-corrected chi connectivity index (χ2v) is 7.66. The molecular weight excluding hydrogens is 424 g/mol. The topological polar surface area (TPSA) is 109 Å². The third-order valence-electron chi connectivity index (χ3n) is 4.30. The first-order valence-corrected chi connectivity index (χ1v) is 13.3. The van der Waals surface area contributed by atoms with Crippen molar-refractivity contribution in [2.75, 3.05) is 52.9 Å². The number of rotatable bonds is 19. The van der Waals surface area contributed by atoms with Crippen molar-refractivity contribution >= 4 is 0 Å². The average molecular weight is 485 g/mol. The van der Waals surface area contributed by atoms with E-state index in [1.54, 1.807) is 0 Å². The molecule has 0 aromatic rings. The lowest BCUT2D eigenvalue weighted by Crippen LogP contribution is -2.06. The highest BCUT2D eigenvalue weighted by atomic mass is 16.5. The molecule has 7 heteroatoms. The summed E-state index contributed by atoms with van der Waals surface area (Å²) >= 11 is 0. The molecule has 0 rings (SSSR count). The number of unbranched alkanes of at least 4 members (excludes halogenated alkanes) is 2. The number of ether oxygens (including phenoxy) is 3. The first kappa shape index (κ1) is 39.9. The second-order valence-electron chi connectivity index (χ2n) is 7.66. The van der Waals surface area contributed by atoms with Crippen LogP contribution in [0, 0.1) is 0 Å². The van der Waals surface area contributed by atoms with Crippen LogP contribution in [0.5, 0.6) is 0 Å². The number of hydrogen-bond donors (Lipinski definition) is 4. The van der Waals surface area contributed by atoms with Gasteiger partial charge in [-0.05, 0) is 39.0 Å². The Labute approximate surface area is 205 Å². The first-order valence-electron chi connectivity index (χ1n) is 13.3. The van der Waals surface area contributed by atoms with Gasteiger partial charge in [-0.15, -0.1) is 0 Å². The maximum atomic E-state index is 9.05. The van der Waals surface area contributed by atoms with Gasteiger partial charge < -0.3 is 34.6 Å². The van der Waals surface area contributed by atoms with Crippen LogP contribution in [0.25, 0.3) is 0 Å². The van der Waals surface area contributed by atoms with Crippen LogP contribution in [0.2, 0.25) is 0 Å². The standard InChI is InChI=1S/2C7H16O.C6H14O3.C6H14O2/c1-3-5-6-7(8)4-2;1-3-5-7(8)6-4-2;1-2-8-5-6-9-4-3-7;1-2-3-5-8-6-4-7/h2*7-8H,3-6H2,1-2H3;7H,2-6H2,1H3;7H,2-6H2,1H3. The lowest BCUT2D eigenvalue weighted by atomic mass is 10.1. The minimum absolute atomic E-state index is 0.0370. The Hall–Kier alpha value is -0.280. The van der Waals surface area contributed by atoms with Gasteiger partial charge in [0, 0.05) is 13.2 Å². The van der Waals surface area contributed by atoms with Gasteiger partial charge in [-0.2, -0.15) is 0 Å². The van der Waals surface area contributed by atoms with Gasteiger partial charge in [0.05, 0.1) is 51.8 Å². The second kappa shape index (κ2) is 41.9. The van der Waals surface area contributed by atoms with Crippen LogP contribution in [-0.2, 0) is 14.2 Å². The SMILES string of the molecule is CCCC(O)CCC.CCCCC(O)CC.CCCCOCCO.CCOCCOCCO. The third-order valence-corrected chi connectivity index (χ3v) is 4.30. The first-order chi connectivity index (χ1) is 15.9. The van der Waals surface area contributed by atoms with Crippen LogP contribution in [-0.4, -0.2) is 85.5 Å². The minimum Gasteiger partial charge on any atom is -0.394 e. The summed E-state index contributed by atoms with van der Waals surface area (Å²) in [5, 5.41) is 34.5. The van der Waals surface area contributed by atoms with E-state index in [1.807, 2.05) is 13.8 Å². The molecule has 0 fully saturated rings. The fraction of sp³-hybridized carbons (Fsp3) is 1.00. The molecule has 1 atom stereocenters. The van der Waals surface area contributed by atoms with Crippen molar-refractivity contribution in [2.45, 2.75) is 118 Å². The smallest absolute Gasteiger partial charge is 0.0701 e. The molecular formula is C26H60O7. The quantitative estimate of drug-likeness (QED) is 0.196. The van der Waals surface area contributed by atoms with Gasteiger partial charge in [-0.1, -0.05) is 66.7 Å². The molecule has 0 amide bonds.